The number of ether oxygens (including phenoxy) is 1. The number of likely N-dealkylation sites (N-methyl/N-ethyl adjacent to an activating group) is 2. The van der Waals surface area contributed by atoms with Gasteiger partial charge >= 0.3 is 0 Å². The van der Waals surface area contributed by atoms with Crippen molar-refractivity contribution in [2.24, 2.45) is 0 Å². The number of hydrogen-bond donors (Lipinski definition) is 2. The summed E-state index contributed by atoms with van der Waals surface area (Å²) in [6.45, 7) is 5.84. The fraction of sp³-hybridized carbons (Fsp3) is 0.391. The smallest absolute Gasteiger partial charge is 0.282 e. The lowest BCUT2D eigenvalue weighted by atomic mass is 10.2. The normalized spacial score (nSPS) is 14.7. The fourth-order valence-corrected chi connectivity index (χ4v) is 3.60. The molecule has 1 aliphatic heterocycles. The minimum absolute atomic E-state index is 0.116. The van der Waals surface area contributed by atoms with Crippen molar-refractivity contribution in [3.8, 4) is 0 Å². The minimum Gasteiger partial charge on any atom is -0.378 e. The van der Waals surface area contributed by atoms with Gasteiger partial charge in [-0.1, -0.05) is 0 Å². The van der Waals surface area contributed by atoms with E-state index in [-0.39, 0.29) is 30.7 Å². The second kappa shape index (κ2) is 10.9. The number of carbonyl (C=O) groups is 2. The molecule has 31 heavy (non-hydrogen) atoms. The SMILES string of the molecule is CCN(C(=O)C[NH+](C)CC(=O)Nc1ccc(N2CCOCC2)cc1)c1ccc(F)cc1. The lowest BCUT2D eigenvalue weighted by Gasteiger charge is -2.28. The fourth-order valence-electron chi connectivity index (χ4n) is 3.60. The van der Waals surface area contributed by atoms with E-state index in [9.17, 15) is 14.0 Å². The monoisotopic (exact) mass is 429 g/mol. The third kappa shape index (κ3) is 6.50. The number of quaternary nitrogens is 1. The van der Waals surface area contributed by atoms with Gasteiger partial charge in [-0.15, -0.1) is 0 Å². The molecule has 1 aliphatic rings. The number of anilines is 3. The number of rotatable bonds is 8. The molecule has 0 aliphatic carbocycles. The van der Waals surface area contributed by atoms with E-state index in [1.54, 1.807) is 24.1 Å². The first-order valence-corrected chi connectivity index (χ1v) is 10.6. The second-order valence-electron chi connectivity index (χ2n) is 7.62. The molecule has 0 bridgehead atoms. The second-order valence-corrected chi connectivity index (χ2v) is 7.62. The van der Waals surface area contributed by atoms with Gasteiger partial charge in [0.1, 0.15) is 5.82 Å². The van der Waals surface area contributed by atoms with Crippen LogP contribution in [0.4, 0.5) is 21.5 Å². The molecule has 2 aromatic carbocycles. The average Bonchev–Trinajstić information content (AvgIpc) is 2.76. The van der Waals surface area contributed by atoms with E-state index < -0.39 is 0 Å². The summed E-state index contributed by atoms with van der Waals surface area (Å²) in [4.78, 5) is 29.7. The van der Waals surface area contributed by atoms with Crippen LogP contribution in [0.1, 0.15) is 6.92 Å². The Morgan fingerprint density at radius 2 is 1.71 bits per heavy atom. The molecule has 0 radical (unpaired) electrons. The van der Waals surface area contributed by atoms with Crippen molar-refractivity contribution in [3.05, 3.63) is 54.3 Å². The van der Waals surface area contributed by atoms with Gasteiger partial charge in [0, 0.05) is 36.7 Å². The zero-order chi connectivity index (χ0) is 22.2. The van der Waals surface area contributed by atoms with Crippen molar-refractivity contribution in [2.75, 3.05) is 68.1 Å². The third-order valence-electron chi connectivity index (χ3n) is 5.20. The lowest BCUT2D eigenvalue weighted by molar-refractivity contribution is -0.862. The lowest BCUT2D eigenvalue weighted by Crippen LogP contribution is -3.11. The molecular weight excluding hydrogens is 399 g/mol. The van der Waals surface area contributed by atoms with Crippen LogP contribution in [0.25, 0.3) is 0 Å². The van der Waals surface area contributed by atoms with Gasteiger partial charge in [0.05, 0.1) is 20.3 Å². The third-order valence-corrected chi connectivity index (χ3v) is 5.20. The van der Waals surface area contributed by atoms with Crippen molar-refractivity contribution in [3.63, 3.8) is 0 Å². The molecule has 0 saturated carbocycles. The Kier molecular flexibility index (Phi) is 7.97. The molecule has 7 nitrogen and oxygen atoms in total. The molecule has 8 heteroatoms. The molecule has 1 unspecified atom stereocenters. The number of amides is 2. The number of hydrogen-bond acceptors (Lipinski definition) is 4. The van der Waals surface area contributed by atoms with E-state index >= 15 is 0 Å². The van der Waals surface area contributed by atoms with Crippen molar-refractivity contribution in [1.29, 1.82) is 0 Å². The van der Waals surface area contributed by atoms with Crippen molar-refractivity contribution >= 4 is 28.9 Å². The summed E-state index contributed by atoms with van der Waals surface area (Å²) in [6, 6.07) is 13.6. The average molecular weight is 430 g/mol. The highest BCUT2D eigenvalue weighted by Gasteiger charge is 2.20. The van der Waals surface area contributed by atoms with Gasteiger partial charge in [-0.25, -0.2) is 4.39 Å². The van der Waals surface area contributed by atoms with Gasteiger partial charge in [0.15, 0.2) is 13.1 Å². The maximum absolute atomic E-state index is 13.1. The maximum atomic E-state index is 13.1. The van der Waals surface area contributed by atoms with Gasteiger partial charge in [-0.05, 0) is 55.5 Å². The highest BCUT2D eigenvalue weighted by Crippen LogP contribution is 2.19. The molecule has 0 spiro atoms. The van der Waals surface area contributed by atoms with Gasteiger partial charge < -0.3 is 24.8 Å². The van der Waals surface area contributed by atoms with Gasteiger partial charge in [-0.3, -0.25) is 9.59 Å². The van der Waals surface area contributed by atoms with E-state index in [1.165, 1.54) is 12.1 Å². The largest absolute Gasteiger partial charge is 0.378 e. The van der Waals surface area contributed by atoms with Gasteiger partial charge in [-0.2, -0.15) is 0 Å². The minimum atomic E-state index is -0.343. The first-order chi connectivity index (χ1) is 15.0. The van der Waals surface area contributed by atoms with E-state index in [4.69, 9.17) is 4.74 Å². The predicted octanol–water partition coefficient (Wildman–Crippen LogP) is 1.17. The Hall–Kier alpha value is -2.97. The molecule has 2 amide bonds. The van der Waals surface area contributed by atoms with Crippen LogP contribution >= 0.6 is 0 Å². The molecule has 2 aromatic rings. The summed E-state index contributed by atoms with van der Waals surface area (Å²) in [6.07, 6.45) is 0. The van der Waals surface area contributed by atoms with Gasteiger partial charge in [0.2, 0.25) is 0 Å². The molecule has 1 saturated heterocycles. The Labute approximate surface area is 182 Å². The van der Waals surface area contributed by atoms with Crippen LogP contribution in [0.15, 0.2) is 48.5 Å². The number of morpholine rings is 1. The Balaban J connectivity index is 1.49. The summed E-state index contributed by atoms with van der Waals surface area (Å²) in [7, 11) is 1.80. The van der Waals surface area contributed by atoms with Gasteiger partial charge in [0.25, 0.3) is 11.8 Å². The number of nitrogens with one attached hydrogen (secondary N) is 2. The van der Waals surface area contributed by atoms with E-state index in [0.717, 1.165) is 42.6 Å². The van der Waals surface area contributed by atoms with Crippen molar-refractivity contribution < 1.29 is 23.6 Å². The number of halogens is 1. The summed E-state index contributed by atoms with van der Waals surface area (Å²) >= 11 is 0. The molecule has 0 aromatic heterocycles. The Bertz CT molecular complexity index is 867. The molecule has 166 valence electrons. The van der Waals surface area contributed by atoms with E-state index in [1.807, 2.05) is 31.2 Å². The van der Waals surface area contributed by atoms with E-state index in [0.29, 0.717) is 12.2 Å². The number of benzene rings is 2. The van der Waals surface area contributed by atoms with E-state index in [2.05, 4.69) is 10.2 Å². The first-order valence-electron chi connectivity index (χ1n) is 10.6. The highest BCUT2D eigenvalue weighted by molar-refractivity contribution is 5.94. The van der Waals surface area contributed by atoms with Crippen LogP contribution in [0.2, 0.25) is 0 Å². The Morgan fingerprint density at radius 1 is 1.06 bits per heavy atom. The number of carbonyl (C=O) groups excluding carboxylic acids is 2. The Morgan fingerprint density at radius 3 is 2.32 bits per heavy atom. The van der Waals surface area contributed by atoms with Crippen LogP contribution < -0.4 is 20.0 Å². The molecule has 1 atom stereocenters. The maximum Gasteiger partial charge on any atom is 0.282 e. The van der Waals surface area contributed by atoms with Crippen LogP contribution in [0.5, 0.6) is 0 Å². The highest BCUT2D eigenvalue weighted by atomic mass is 19.1. The predicted molar refractivity (Wildman–Crippen MR) is 119 cm³/mol. The summed E-state index contributed by atoms with van der Waals surface area (Å²) in [5, 5.41) is 2.89. The molecule has 2 N–H and O–H groups in total. The summed E-state index contributed by atoms with van der Waals surface area (Å²) in [5.74, 6) is -0.617. The van der Waals surface area contributed by atoms with Crippen molar-refractivity contribution in [2.45, 2.75) is 6.92 Å². The topological polar surface area (TPSA) is 66.3 Å². The summed E-state index contributed by atoms with van der Waals surface area (Å²) < 4.78 is 18.5. The summed E-state index contributed by atoms with van der Waals surface area (Å²) in [5.41, 5.74) is 2.48. The number of nitrogens with zero attached hydrogens (tertiary/aromatic N) is 2. The standard InChI is InChI=1S/C23H29FN4O3/c1-3-28(21-8-4-18(24)5-9-21)23(30)17-26(2)16-22(29)25-19-6-10-20(11-7-19)27-12-14-31-15-13-27/h4-11H,3,12-17H2,1-2H3,(H,25,29)/p+1. The van der Waals surface area contributed by atoms with Crippen LogP contribution in [-0.4, -0.2) is 64.8 Å². The molecule has 1 fully saturated rings. The van der Waals surface area contributed by atoms with Crippen molar-refractivity contribution in [1.82, 2.24) is 0 Å². The first kappa shape index (κ1) is 22.7. The van der Waals surface area contributed by atoms with Crippen LogP contribution in [-0.2, 0) is 14.3 Å². The molecule has 1 heterocycles. The zero-order valence-electron chi connectivity index (χ0n) is 18.1. The zero-order valence-corrected chi connectivity index (χ0v) is 18.1. The van der Waals surface area contributed by atoms with Crippen LogP contribution in [0, 0.1) is 5.82 Å². The molecule has 3 rings (SSSR count). The quantitative estimate of drug-likeness (QED) is 0.661. The molecular formula is C23H30FN4O3+. The van der Waals surface area contributed by atoms with Crippen LogP contribution in [0.3, 0.4) is 0 Å².